The molecule has 2 N–H and O–H groups in total. The van der Waals surface area contributed by atoms with E-state index in [4.69, 9.17) is 4.74 Å². The number of benzene rings is 2. The molecule has 1 heterocycles. The Morgan fingerprint density at radius 3 is 2.37 bits per heavy atom. The third-order valence-corrected chi connectivity index (χ3v) is 4.54. The summed E-state index contributed by atoms with van der Waals surface area (Å²) < 4.78 is 5.10. The number of hydrogen-bond donors (Lipinski definition) is 2. The zero-order chi connectivity index (χ0) is 19.1. The predicted molar refractivity (Wildman–Crippen MR) is 109 cm³/mol. The van der Waals surface area contributed by atoms with E-state index in [0.717, 1.165) is 11.3 Å². The highest BCUT2D eigenvalue weighted by Crippen LogP contribution is 2.18. The van der Waals surface area contributed by atoms with E-state index in [9.17, 15) is 9.59 Å². The number of anilines is 2. The number of methoxy groups -OCH3 is 1. The number of hydrogen-bond acceptors (Lipinski definition) is 4. The lowest BCUT2D eigenvalue weighted by molar-refractivity contribution is -0.111. The van der Waals surface area contributed by atoms with E-state index < -0.39 is 0 Å². The number of amides is 2. The normalized spacial score (nSPS) is 10.6. The molecule has 0 aliphatic rings. The van der Waals surface area contributed by atoms with Crippen LogP contribution in [0.3, 0.4) is 0 Å². The molecule has 0 spiro atoms. The third-order valence-electron chi connectivity index (χ3n) is 3.68. The summed E-state index contributed by atoms with van der Waals surface area (Å²) in [5.41, 5.74) is 2.11. The number of rotatable bonds is 6. The molecule has 0 bridgehead atoms. The lowest BCUT2D eigenvalue weighted by Gasteiger charge is -2.07. The molecular weight excluding hydrogens is 360 g/mol. The van der Waals surface area contributed by atoms with E-state index >= 15 is 0 Å². The van der Waals surface area contributed by atoms with Crippen molar-refractivity contribution >= 4 is 40.6 Å². The summed E-state index contributed by atoms with van der Waals surface area (Å²) in [7, 11) is 1.61. The van der Waals surface area contributed by atoms with Crippen LogP contribution in [0, 0.1) is 0 Å². The molecule has 0 saturated carbocycles. The molecule has 2 amide bonds. The van der Waals surface area contributed by atoms with Gasteiger partial charge in [-0.1, -0.05) is 24.3 Å². The van der Waals surface area contributed by atoms with Gasteiger partial charge in [0.1, 0.15) is 5.75 Å². The average molecular weight is 378 g/mol. The Morgan fingerprint density at radius 2 is 1.70 bits per heavy atom. The maximum atomic E-state index is 12.1. The van der Waals surface area contributed by atoms with Crippen molar-refractivity contribution in [2.24, 2.45) is 0 Å². The Labute approximate surface area is 161 Å². The molecule has 0 aliphatic carbocycles. The summed E-state index contributed by atoms with van der Waals surface area (Å²) >= 11 is 1.37. The van der Waals surface area contributed by atoms with Crippen LogP contribution in [0.2, 0.25) is 0 Å². The molecule has 1 aromatic heterocycles. The van der Waals surface area contributed by atoms with Gasteiger partial charge in [-0.05, 0) is 53.4 Å². The Balaban J connectivity index is 1.60. The van der Waals surface area contributed by atoms with E-state index in [-0.39, 0.29) is 11.8 Å². The van der Waals surface area contributed by atoms with Crippen LogP contribution in [0.1, 0.15) is 15.2 Å². The van der Waals surface area contributed by atoms with Crippen molar-refractivity contribution in [2.45, 2.75) is 0 Å². The minimum Gasteiger partial charge on any atom is -0.497 e. The number of nitrogens with one attached hydrogen (secondary N) is 2. The second kappa shape index (κ2) is 8.82. The van der Waals surface area contributed by atoms with Crippen molar-refractivity contribution in [2.75, 3.05) is 17.7 Å². The molecule has 27 heavy (non-hydrogen) atoms. The highest BCUT2D eigenvalue weighted by atomic mass is 32.1. The monoisotopic (exact) mass is 378 g/mol. The molecule has 0 fully saturated rings. The van der Waals surface area contributed by atoms with Crippen molar-refractivity contribution in [3.05, 3.63) is 82.6 Å². The van der Waals surface area contributed by atoms with Crippen LogP contribution in [-0.2, 0) is 4.79 Å². The molecule has 0 radical (unpaired) electrons. The number of thiophene rings is 1. The zero-order valence-corrected chi connectivity index (χ0v) is 15.5. The Kier molecular flexibility index (Phi) is 6.02. The van der Waals surface area contributed by atoms with Gasteiger partial charge in [-0.2, -0.15) is 0 Å². The van der Waals surface area contributed by atoms with Gasteiger partial charge in [0.2, 0.25) is 5.91 Å². The minimum absolute atomic E-state index is 0.173. The Hall–Kier alpha value is -3.38. The molecule has 136 valence electrons. The fraction of sp³-hybridized carbons (Fsp3) is 0.0476. The van der Waals surface area contributed by atoms with Gasteiger partial charge in [-0.15, -0.1) is 11.3 Å². The van der Waals surface area contributed by atoms with Gasteiger partial charge in [0.05, 0.1) is 12.0 Å². The molecular formula is C21H18N2O3S. The maximum absolute atomic E-state index is 12.1. The standard InChI is InChI=1S/C21H18N2O3S/c1-26-18-10-7-15(8-11-18)9-12-20(24)22-16-4-2-5-17(14-16)23-21(25)19-6-3-13-27-19/h2-14H,1H3,(H,22,24)(H,23,25)/b12-9+. The van der Waals surface area contributed by atoms with Gasteiger partial charge >= 0.3 is 0 Å². The molecule has 0 unspecified atom stereocenters. The summed E-state index contributed by atoms with van der Waals surface area (Å²) in [6, 6.07) is 18.0. The molecule has 2 aromatic carbocycles. The summed E-state index contributed by atoms with van der Waals surface area (Å²) in [4.78, 5) is 24.9. The summed E-state index contributed by atoms with van der Waals surface area (Å²) in [6.45, 7) is 0. The lowest BCUT2D eigenvalue weighted by atomic mass is 10.2. The zero-order valence-electron chi connectivity index (χ0n) is 14.6. The summed E-state index contributed by atoms with van der Waals surface area (Å²) in [5, 5.41) is 7.45. The van der Waals surface area contributed by atoms with Gasteiger partial charge in [0.25, 0.3) is 5.91 Å². The average Bonchev–Trinajstić information content (AvgIpc) is 3.22. The highest BCUT2D eigenvalue weighted by Gasteiger charge is 2.07. The van der Waals surface area contributed by atoms with Crippen LogP contribution in [0.15, 0.2) is 72.1 Å². The smallest absolute Gasteiger partial charge is 0.265 e. The van der Waals surface area contributed by atoms with Gasteiger partial charge < -0.3 is 15.4 Å². The molecule has 5 nitrogen and oxygen atoms in total. The van der Waals surface area contributed by atoms with E-state index in [1.807, 2.05) is 35.7 Å². The first-order chi connectivity index (χ1) is 13.1. The van der Waals surface area contributed by atoms with Crippen molar-refractivity contribution in [1.82, 2.24) is 0 Å². The van der Waals surface area contributed by atoms with Crippen molar-refractivity contribution in [1.29, 1.82) is 0 Å². The van der Waals surface area contributed by atoms with Gasteiger partial charge in [0, 0.05) is 17.5 Å². The predicted octanol–water partition coefficient (Wildman–Crippen LogP) is 4.66. The van der Waals surface area contributed by atoms with E-state index in [2.05, 4.69) is 10.6 Å². The second-order valence-electron chi connectivity index (χ2n) is 5.61. The van der Waals surface area contributed by atoms with E-state index in [1.54, 1.807) is 43.5 Å². The largest absolute Gasteiger partial charge is 0.497 e. The first kappa shape index (κ1) is 18.4. The molecule has 3 rings (SSSR count). The van der Waals surface area contributed by atoms with E-state index in [0.29, 0.717) is 16.3 Å². The minimum atomic E-state index is -0.257. The van der Waals surface area contributed by atoms with Crippen LogP contribution in [0.5, 0.6) is 5.75 Å². The second-order valence-corrected chi connectivity index (χ2v) is 6.56. The SMILES string of the molecule is COc1ccc(/C=C/C(=O)Nc2cccc(NC(=O)c3cccs3)c2)cc1. The van der Waals surface area contributed by atoms with Crippen molar-refractivity contribution in [3.63, 3.8) is 0 Å². The van der Waals surface area contributed by atoms with Crippen molar-refractivity contribution in [3.8, 4) is 5.75 Å². The first-order valence-corrected chi connectivity index (χ1v) is 9.10. The number of carbonyl (C=O) groups is 2. The van der Waals surface area contributed by atoms with Crippen LogP contribution < -0.4 is 15.4 Å². The summed E-state index contributed by atoms with van der Waals surface area (Å²) in [5.74, 6) is 0.332. The summed E-state index contributed by atoms with van der Waals surface area (Å²) in [6.07, 6.45) is 3.18. The van der Waals surface area contributed by atoms with E-state index in [1.165, 1.54) is 17.4 Å². The molecule has 0 saturated heterocycles. The molecule has 0 aliphatic heterocycles. The third kappa shape index (κ3) is 5.29. The highest BCUT2D eigenvalue weighted by molar-refractivity contribution is 7.12. The van der Waals surface area contributed by atoms with Crippen LogP contribution in [-0.4, -0.2) is 18.9 Å². The quantitative estimate of drug-likeness (QED) is 0.613. The number of ether oxygens (including phenoxy) is 1. The fourth-order valence-electron chi connectivity index (χ4n) is 2.35. The lowest BCUT2D eigenvalue weighted by Crippen LogP contribution is -2.11. The Morgan fingerprint density at radius 1 is 0.963 bits per heavy atom. The van der Waals surface area contributed by atoms with Gasteiger partial charge in [-0.3, -0.25) is 9.59 Å². The van der Waals surface area contributed by atoms with Gasteiger partial charge in [0.15, 0.2) is 0 Å². The van der Waals surface area contributed by atoms with Gasteiger partial charge in [-0.25, -0.2) is 0 Å². The maximum Gasteiger partial charge on any atom is 0.265 e. The molecule has 0 atom stereocenters. The Bertz CT molecular complexity index is 948. The van der Waals surface area contributed by atoms with Crippen LogP contribution in [0.4, 0.5) is 11.4 Å². The number of carbonyl (C=O) groups excluding carboxylic acids is 2. The molecule has 3 aromatic rings. The molecule has 6 heteroatoms. The fourth-order valence-corrected chi connectivity index (χ4v) is 2.96. The first-order valence-electron chi connectivity index (χ1n) is 8.22. The van der Waals surface area contributed by atoms with Crippen LogP contribution in [0.25, 0.3) is 6.08 Å². The van der Waals surface area contributed by atoms with Crippen molar-refractivity contribution < 1.29 is 14.3 Å². The topological polar surface area (TPSA) is 67.4 Å². The van der Waals surface area contributed by atoms with Crippen LogP contribution >= 0.6 is 11.3 Å².